The number of aromatic nitrogens is 2. The molecule has 0 aliphatic rings. The van der Waals surface area contributed by atoms with Gasteiger partial charge < -0.3 is 10.4 Å². The maximum Gasteiger partial charge on any atom is 0.220 e. The van der Waals surface area contributed by atoms with E-state index in [1.165, 1.54) is 0 Å². The van der Waals surface area contributed by atoms with Crippen molar-refractivity contribution in [3.63, 3.8) is 0 Å². The summed E-state index contributed by atoms with van der Waals surface area (Å²) in [7, 11) is 0. The van der Waals surface area contributed by atoms with Crippen LogP contribution in [0.15, 0.2) is 0 Å². The Bertz CT molecular complexity index is 424. The Morgan fingerprint density at radius 1 is 1.45 bits per heavy atom. The third kappa shape index (κ3) is 4.24. The van der Waals surface area contributed by atoms with Gasteiger partial charge in [0.2, 0.25) is 5.91 Å². The van der Waals surface area contributed by atoms with Crippen LogP contribution in [0.25, 0.3) is 0 Å². The molecule has 1 amide bonds. The third-order valence-corrected chi connectivity index (χ3v) is 4.76. The summed E-state index contributed by atoms with van der Waals surface area (Å²) < 4.78 is 0. The molecular weight excluding hydrogens is 274 g/mol. The van der Waals surface area contributed by atoms with Gasteiger partial charge in [0, 0.05) is 23.4 Å². The minimum Gasteiger partial charge on any atom is -0.395 e. The van der Waals surface area contributed by atoms with Gasteiger partial charge >= 0.3 is 0 Å². The minimum absolute atomic E-state index is 0.0116. The van der Waals surface area contributed by atoms with E-state index in [1.807, 2.05) is 34.0 Å². The van der Waals surface area contributed by atoms with Crippen LogP contribution in [0, 0.1) is 13.8 Å². The highest BCUT2D eigenvalue weighted by atomic mass is 32.2. The lowest BCUT2D eigenvalue weighted by Crippen LogP contribution is -2.41. The molecule has 3 atom stereocenters. The molecule has 3 N–H and O–H groups in total. The van der Waals surface area contributed by atoms with Crippen LogP contribution in [-0.4, -0.2) is 45.4 Å². The Morgan fingerprint density at radius 2 is 2.10 bits per heavy atom. The van der Waals surface area contributed by atoms with Crippen molar-refractivity contribution < 1.29 is 9.90 Å². The van der Waals surface area contributed by atoms with Crippen LogP contribution in [0.3, 0.4) is 0 Å². The molecule has 1 aromatic heterocycles. The summed E-state index contributed by atoms with van der Waals surface area (Å²) in [5.74, 6) is 0.139. The number of rotatable bonds is 7. The Kier molecular flexibility index (Phi) is 6.55. The van der Waals surface area contributed by atoms with Gasteiger partial charge in [0.05, 0.1) is 12.3 Å². The van der Waals surface area contributed by atoms with Gasteiger partial charge in [0.15, 0.2) is 0 Å². The maximum atomic E-state index is 12.1. The fourth-order valence-corrected chi connectivity index (χ4v) is 3.13. The highest BCUT2D eigenvalue weighted by molar-refractivity contribution is 7.99. The van der Waals surface area contributed by atoms with Crippen molar-refractivity contribution in [1.29, 1.82) is 0 Å². The highest BCUT2D eigenvalue weighted by Crippen LogP contribution is 2.24. The van der Waals surface area contributed by atoms with Gasteiger partial charge in [-0.15, -0.1) is 0 Å². The average Bonchev–Trinajstić information content (AvgIpc) is 2.70. The van der Waals surface area contributed by atoms with Crippen molar-refractivity contribution in [3.05, 3.63) is 17.0 Å². The second-order valence-electron chi connectivity index (χ2n) is 5.27. The number of H-pyrrole nitrogens is 1. The van der Waals surface area contributed by atoms with Crippen molar-refractivity contribution in [2.45, 2.75) is 51.3 Å². The molecule has 1 aromatic rings. The van der Waals surface area contributed by atoms with Crippen molar-refractivity contribution in [2.24, 2.45) is 0 Å². The number of thioether (sulfide) groups is 1. The molecule has 114 valence electrons. The molecule has 0 radical (unpaired) electrons. The second-order valence-corrected chi connectivity index (χ2v) is 6.34. The van der Waals surface area contributed by atoms with Gasteiger partial charge in [-0.2, -0.15) is 16.9 Å². The standard InChI is InChI=1S/C14H25N3O2S/c1-8(14-10(3)16-17-11(14)4)6-13(19)15-9(2)12(7-18)20-5/h8-9,12,18H,6-7H2,1-5H3,(H,15,19)(H,16,17). The molecule has 1 rings (SSSR count). The van der Waals surface area contributed by atoms with Crippen LogP contribution < -0.4 is 5.32 Å². The van der Waals surface area contributed by atoms with Crippen LogP contribution in [0.5, 0.6) is 0 Å². The fraction of sp³-hybridized carbons (Fsp3) is 0.714. The number of carbonyl (C=O) groups is 1. The Balaban J connectivity index is 2.58. The zero-order chi connectivity index (χ0) is 15.3. The summed E-state index contributed by atoms with van der Waals surface area (Å²) in [6.45, 7) is 7.95. The number of aliphatic hydroxyl groups is 1. The summed E-state index contributed by atoms with van der Waals surface area (Å²) in [4.78, 5) is 12.1. The van der Waals surface area contributed by atoms with E-state index in [1.54, 1.807) is 11.8 Å². The Morgan fingerprint density at radius 3 is 2.55 bits per heavy atom. The van der Waals surface area contributed by atoms with Crippen LogP contribution in [0.4, 0.5) is 0 Å². The molecule has 20 heavy (non-hydrogen) atoms. The first-order chi connectivity index (χ1) is 9.40. The molecule has 0 spiro atoms. The lowest BCUT2D eigenvalue weighted by molar-refractivity contribution is -0.122. The predicted molar refractivity (Wildman–Crippen MR) is 83.1 cm³/mol. The van der Waals surface area contributed by atoms with Crippen LogP contribution in [0.2, 0.25) is 0 Å². The van der Waals surface area contributed by atoms with Gasteiger partial charge in [-0.05, 0) is 38.5 Å². The van der Waals surface area contributed by atoms with Gasteiger partial charge in [0.1, 0.15) is 0 Å². The Hall–Kier alpha value is -1.01. The lowest BCUT2D eigenvalue weighted by Gasteiger charge is -2.22. The second kappa shape index (κ2) is 7.69. The number of amides is 1. The van der Waals surface area contributed by atoms with E-state index < -0.39 is 0 Å². The van der Waals surface area contributed by atoms with Gasteiger partial charge in [0.25, 0.3) is 0 Å². The van der Waals surface area contributed by atoms with Crippen LogP contribution in [0.1, 0.15) is 43.1 Å². The number of nitrogens with zero attached hydrogens (tertiary/aromatic N) is 1. The molecule has 5 nitrogen and oxygen atoms in total. The lowest BCUT2D eigenvalue weighted by atomic mass is 9.95. The number of nitrogens with one attached hydrogen (secondary N) is 2. The number of hydrogen-bond acceptors (Lipinski definition) is 4. The van der Waals surface area contributed by atoms with Gasteiger partial charge in [-0.1, -0.05) is 6.92 Å². The van der Waals surface area contributed by atoms with E-state index in [0.29, 0.717) is 6.42 Å². The zero-order valence-corrected chi connectivity index (χ0v) is 13.7. The van der Waals surface area contributed by atoms with E-state index in [4.69, 9.17) is 0 Å². The largest absolute Gasteiger partial charge is 0.395 e. The molecule has 1 heterocycles. The highest BCUT2D eigenvalue weighted by Gasteiger charge is 2.21. The molecule has 0 saturated heterocycles. The van der Waals surface area contributed by atoms with Crippen LogP contribution >= 0.6 is 11.8 Å². The van der Waals surface area contributed by atoms with Gasteiger partial charge in [-0.25, -0.2) is 0 Å². The molecule has 0 aliphatic carbocycles. The molecule has 0 saturated carbocycles. The van der Waals surface area contributed by atoms with Gasteiger partial charge in [-0.3, -0.25) is 9.89 Å². The maximum absolute atomic E-state index is 12.1. The quantitative estimate of drug-likeness (QED) is 0.717. The van der Waals surface area contributed by atoms with Crippen molar-refractivity contribution in [3.8, 4) is 0 Å². The topological polar surface area (TPSA) is 78.0 Å². The first-order valence-corrected chi connectivity index (χ1v) is 8.13. The summed E-state index contributed by atoms with van der Waals surface area (Å²) in [5, 5.41) is 19.3. The van der Waals surface area contributed by atoms with Crippen molar-refractivity contribution in [2.75, 3.05) is 12.9 Å². The third-order valence-electron chi connectivity index (χ3n) is 3.60. The molecule has 0 bridgehead atoms. The molecule has 0 aromatic carbocycles. The minimum atomic E-state index is -0.0405. The summed E-state index contributed by atoms with van der Waals surface area (Å²) in [5.41, 5.74) is 3.10. The van der Waals surface area contributed by atoms with E-state index in [0.717, 1.165) is 17.0 Å². The first kappa shape index (κ1) is 17.0. The number of hydrogen-bond donors (Lipinski definition) is 3. The van der Waals surface area contributed by atoms with E-state index >= 15 is 0 Å². The number of aryl methyl sites for hydroxylation is 2. The van der Waals surface area contributed by atoms with Crippen molar-refractivity contribution in [1.82, 2.24) is 15.5 Å². The molecular formula is C14H25N3O2S. The van der Waals surface area contributed by atoms with E-state index in [9.17, 15) is 9.90 Å². The fourth-order valence-electron chi connectivity index (χ4n) is 2.51. The number of aromatic amines is 1. The summed E-state index contributed by atoms with van der Waals surface area (Å²) >= 11 is 1.56. The zero-order valence-electron chi connectivity index (χ0n) is 12.9. The summed E-state index contributed by atoms with van der Waals surface area (Å²) in [6.07, 6.45) is 2.36. The summed E-state index contributed by atoms with van der Waals surface area (Å²) in [6, 6.07) is -0.0405. The van der Waals surface area contributed by atoms with E-state index in [-0.39, 0.29) is 29.7 Å². The first-order valence-electron chi connectivity index (χ1n) is 6.85. The molecule has 0 fully saturated rings. The molecule has 3 unspecified atom stereocenters. The van der Waals surface area contributed by atoms with Crippen LogP contribution in [-0.2, 0) is 4.79 Å². The normalized spacial score (nSPS) is 15.7. The van der Waals surface area contributed by atoms with E-state index in [2.05, 4.69) is 15.5 Å². The average molecular weight is 299 g/mol. The SMILES string of the molecule is CSC(CO)C(C)NC(=O)CC(C)c1c(C)n[nH]c1C. The Labute approximate surface area is 124 Å². The number of aliphatic hydroxyl groups excluding tert-OH is 1. The molecule has 6 heteroatoms. The number of carbonyl (C=O) groups excluding carboxylic acids is 1. The predicted octanol–water partition coefficient (Wildman–Crippen LogP) is 1.75. The smallest absolute Gasteiger partial charge is 0.220 e. The van der Waals surface area contributed by atoms with Crippen molar-refractivity contribution >= 4 is 17.7 Å². The molecule has 0 aliphatic heterocycles. The monoisotopic (exact) mass is 299 g/mol.